The van der Waals surface area contributed by atoms with E-state index in [0.29, 0.717) is 12.1 Å². The number of piperidine rings is 1. The average molecular weight is 222 g/mol. The molecule has 0 radical (unpaired) electrons. The van der Waals surface area contributed by atoms with E-state index in [2.05, 4.69) is 15.0 Å². The van der Waals surface area contributed by atoms with Crippen LogP contribution in [0, 0.1) is 11.8 Å². The van der Waals surface area contributed by atoms with Gasteiger partial charge in [0.1, 0.15) is 0 Å². The molecule has 0 bridgehead atoms. The first kappa shape index (κ1) is 10.2. The molecule has 3 aliphatic rings. The Balaban J connectivity index is 1.49. The minimum absolute atomic E-state index is 0.522. The van der Waals surface area contributed by atoms with Gasteiger partial charge in [-0.3, -0.25) is 9.89 Å². The molecule has 2 heterocycles. The molecule has 2 saturated heterocycles. The van der Waals surface area contributed by atoms with E-state index in [1.54, 1.807) is 6.21 Å². The van der Waals surface area contributed by atoms with Crippen LogP contribution in [0.1, 0.15) is 6.92 Å². The zero-order valence-corrected chi connectivity index (χ0v) is 9.54. The molecule has 0 spiro atoms. The van der Waals surface area contributed by atoms with Gasteiger partial charge >= 0.3 is 0 Å². The minimum Gasteiger partial charge on any atom is -0.378 e. The third kappa shape index (κ3) is 1.64. The first-order valence-corrected chi connectivity index (χ1v) is 5.89. The van der Waals surface area contributed by atoms with Gasteiger partial charge in [0, 0.05) is 31.1 Å². The molecule has 88 valence electrons. The van der Waals surface area contributed by atoms with Gasteiger partial charge in [-0.2, -0.15) is 5.10 Å². The Morgan fingerprint density at radius 2 is 2.06 bits per heavy atom. The Kier molecular flexibility index (Phi) is 2.44. The van der Waals surface area contributed by atoms with Crippen LogP contribution in [-0.4, -0.2) is 55.2 Å². The molecule has 5 heteroatoms. The van der Waals surface area contributed by atoms with Gasteiger partial charge in [-0.05, 0) is 6.92 Å². The van der Waals surface area contributed by atoms with Gasteiger partial charge in [0.25, 0.3) is 0 Å². The van der Waals surface area contributed by atoms with Gasteiger partial charge in [-0.25, -0.2) is 0 Å². The highest BCUT2D eigenvalue weighted by Crippen LogP contribution is 2.48. The number of fused-ring (bicyclic) bond motifs is 1. The molecular formula is C11H18N4O. The summed E-state index contributed by atoms with van der Waals surface area (Å²) in [5.41, 5.74) is 0.800. The van der Waals surface area contributed by atoms with Crippen LogP contribution in [0.25, 0.3) is 0 Å². The van der Waals surface area contributed by atoms with Crippen LogP contribution in [0.5, 0.6) is 0 Å². The highest BCUT2D eigenvalue weighted by molar-refractivity contribution is 6.29. The van der Waals surface area contributed by atoms with Crippen molar-refractivity contribution in [2.75, 3.05) is 26.3 Å². The van der Waals surface area contributed by atoms with Gasteiger partial charge in [0.2, 0.25) is 0 Å². The molecule has 16 heavy (non-hydrogen) atoms. The molecule has 0 amide bonds. The molecule has 0 aromatic heterocycles. The maximum Gasteiger partial charge on any atom is 0.0747 e. The number of nitrogens with zero attached hydrogens (tertiary/aromatic N) is 3. The van der Waals surface area contributed by atoms with E-state index >= 15 is 0 Å². The van der Waals surface area contributed by atoms with Crippen molar-refractivity contribution in [3.8, 4) is 0 Å². The lowest BCUT2D eigenvalue weighted by atomic mass is 10.2. The van der Waals surface area contributed by atoms with Crippen molar-refractivity contribution in [3.05, 3.63) is 0 Å². The second-order valence-corrected chi connectivity index (χ2v) is 5.01. The van der Waals surface area contributed by atoms with E-state index in [0.717, 1.165) is 30.8 Å². The third-order valence-corrected chi connectivity index (χ3v) is 3.95. The van der Waals surface area contributed by atoms with Crippen molar-refractivity contribution in [1.29, 1.82) is 0 Å². The largest absolute Gasteiger partial charge is 0.378 e. The van der Waals surface area contributed by atoms with Crippen molar-refractivity contribution in [2.45, 2.75) is 19.0 Å². The van der Waals surface area contributed by atoms with Crippen LogP contribution in [0.4, 0.5) is 0 Å². The minimum atomic E-state index is 0.522. The van der Waals surface area contributed by atoms with Crippen molar-refractivity contribution in [2.24, 2.45) is 27.8 Å². The molecule has 0 aromatic rings. The third-order valence-electron chi connectivity index (χ3n) is 3.95. The number of rotatable bonds is 3. The fourth-order valence-corrected chi connectivity index (χ4v) is 2.71. The molecular weight excluding hydrogens is 204 g/mol. The zero-order chi connectivity index (χ0) is 11.1. The Morgan fingerprint density at radius 3 is 2.56 bits per heavy atom. The van der Waals surface area contributed by atoms with E-state index in [1.807, 2.05) is 6.92 Å². The molecule has 0 aromatic carbocycles. The lowest BCUT2D eigenvalue weighted by molar-refractivity contribution is -0.0608. The molecule has 3 fully saturated rings. The number of ether oxygens (including phenoxy) is 1. The summed E-state index contributed by atoms with van der Waals surface area (Å²) in [6, 6.07) is 1.21. The van der Waals surface area contributed by atoms with Crippen LogP contribution < -0.4 is 5.84 Å². The maximum absolute atomic E-state index is 5.22. The average Bonchev–Trinajstić information content (AvgIpc) is 2.67. The summed E-state index contributed by atoms with van der Waals surface area (Å²) in [5.74, 6) is 6.69. The van der Waals surface area contributed by atoms with Crippen molar-refractivity contribution in [1.82, 2.24) is 4.90 Å². The van der Waals surface area contributed by atoms with Gasteiger partial charge in [0.05, 0.1) is 31.0 Å². The number of hydrazone groups is 1. The predicted molar refractivity (Wildman–Crippen MR) is 62.7 cm³/mol. The van der Waals surface area contributed by atoms with Crippen molar-refractivity contribution < 1.29 is 4.74 Å². The molecule has 2 N–H and O–H groups in total. The summed E-state index contributed by atoms with van der Waals surface area (Å²) < 4.78 is 5.22. The van der Waals surface area contributed by atoms with Gasteiger partial charge in [-0.1, -0.05) is 0 Å². The smallest absolute Gasteiger partial charge is 0.0747 e. The second kappa shape index (κ2) is 3.82. The van der Waals surface area contributed by atoms with Gasteiger partial charge < -0.3 is 10.6 Å². The zero-order valence-electron chi connectivity index (χ0n) is 9.54. The summed E-state index contributed by atoms with van der Waals surface area (Å²) in [7, 11) is 0. The fourth-order valence-electron chi connectivity index (χ4n) is 2.71. The Hall–Kier alpha value is -0.940. The lowest BCUT2D eigenvalue weighted by Crippen LogP contribution is -2.49. The lowest BCUT2D eigenvalue weighted by Gasteiger charge is -2.35. The van der Waals surface area contributed by atoms with Crippen LogP contribution in [-0.2, 0) is 4.74 Å². The van der Waals surface area contributed by atoms with Gasteiger partial charge in [-0.15, -0.1) is 0 Å². The van der Waals surface area contributed by atoms with Crippen LogP contribution in [0.3, 0.4) is 0 Å². The SMILES string of the molecule is CC(C=NC1C2CN(C3COC3)CC21)=NN. The topological polar surface area (TPSA) is 63.2 Å². The number of aliphatic imine (C=N–C) groups is 1. The van der Waals surface area contributed by atoms with Crippen molar-refractivity contribution in [3.63, 3.8) is 0 Å². The van der Waals surface area contributed by atoms with E-state index in [-0.39, 0.29) is 0 Å². The number of hydrogen-bond acceptors (Lipinski definition) is 5. The number of likely N-dealkylation sites (tertiary alicyclic amines) is 1. The molecule has 2 unspecified atom stereocenters. The monoisotopic (exact) mass is 222 g/mol. The van der Waals surface area contributed by atoms with E-state index < -0.39 is 0 Å². The standard InChI is InChI=1S/C11H18N4O/c1-7(14-12)2-13-11-9-3-15(4-10(9)11)8-5-16-6-8/h2,8-11H,3-6,12H2,1H3. The quantitative estimate of drug-likeness (QED) is 0.406. The summed E-state index contributed by atoms with van der Waals surface area (Å²) in [6.07, 6.45) is 1.81. The molecule has 3 rings (SSSR count). The molecule has 2 atom stereocenters. The number of hydrogen-bond donors (Lipinski definition) is 1. The normalized spacial score (nSPS) is 40.1. The first-order valence-electron chi connectivity index (χ1n) is 5.89. The summed E-state index contributed by atoms with van der Waals surface area (Å²) in [5, 5.41) is 3.59. The van der Waals surface area contributed by atoms with Crippen LogP contribution in [0.15, 0.2) is 10.1 Å². The second-order valence-electron chi connectivity index (χ2n) is 5.01. The van der Waals surface area contributed by atoms with E-state index in [1.165, 1.54) is 13.1 Å². The Morgan fingerprint density at radius 1 is 1.38 bits per heavy atom. The fraction of sp³-hybridized carbons (Fsp3) is 0.818. The highest BCUT2D eigenvalue weighted by Gasteiger charge is 2.57. The summed E-state index contributed by atoms with van der Waals surface area (Å²) >= 11 is 0. The number of nitrogens with two attached hydrogens (primary N) is 1. The molecule has 1 aliphatic carbocycles. The van der Waals surface area contributed by atoms with Gasteiger partial charge in [0.15, 0.2) is 0 Å². The maximum atomic E-state index is 5.22. The Bertz CT molecular complexity index is 325. The molecule has 5 nitrogen and oxygen atoms in total. The molecule has 2 aliphatic heterocycles. The van der Waals surface area contributed by atoms with E-state index in [9.17, 15) is 0 Å². The molecule has 1 saturated carbocycles. The van der Waals surface area contributed by atoms with Crippen LogP contribution >= 0.6 is 0 Å². The summed E-state index contributed by atoms with van der Waals surface area (Å²) in [6.45, 7) is 6.11. The summed E-state index contributed by atoms with van der Waals surface area (Å²) in [4.78, 5) is 7.09. The Labute approximate surface area is 95.3 Å². The van der Waals surface area contributed by atoms with Crippen LogP contribution in [0.2, 0.25) is 0 Å². The van der Waals surface area contributed by atoms with Crippen molar-refractivity contribution >= 4 is 11.9 Å². The highest BCUT2D eigenvalue weighted by atomic mass is 16.5. The van der Waals surface area contributed by atoms with E-state index in [4.69, 9.17) is 10.6 Å². The first-order chi connectivity index (χ1) is 7.79. The predicted octanol–water partition coefficient (Wildman–Crippen LogP) is -0.279.